The van der Waals surface area contributed by atoms with Crippen LogP contribution in [0.3, 0.4) is 0 Å². The summed E-state index contributed by atoms with van der Waals surface area (Å²) in [6.07, 6.45) is 0. The summed E-state index contributed by atoms with van der Waals surface area (Å²) in [6, 6.07) is 0. The van der Waals surface area contributed by atoms with Crippen molar-refractivity contribution in [3.05, 3.63) is 0 Å². The van der Waals surface area contributed by atoms with Crippen LogP contribution in [-0.4, -0.2) is 32.2 Å². The van der Waals surface area contributed by atoms with Crippen LogP contribution in [-0.2, 0) is 14.3 Å². The van der Waals surface area contributed by atoms with Crippen LogP contribution < -0.4 is 0 Å². The molecule has 1 fully saturated rings. The molecule has 0 aromatic heterocycles. The van der Waals surface area contributed by atoms with E-state index in [1.807, 2.05) is 0 Å². The number of Topliss-reactive ketones (excluding diaryl/α,β-unsaturated/α-hetero) is 1. The Kier molecular flexibility index (Phi) is 12.1. The summed E-state index contributed by atoms with van der Waals surface area (Å²) in [5.41, 5.74) is 0. The molecule has 0 atom stereocenters. The summed E-state index contributed by atoms with van der Waals surface area (Å²) in [4.78, 5) is 9.44. The zero-order valence-corrected chi connectivity index (χ0v) is 7.78. The molecule has 1 aliphatic rings. The van der Waals surface area contributed by atoms with Gasteiger partial charge in [0.1, 0.15) is 5.78 Å². The van der Waals surface area contributed by atoms with E-state index in [1.54, 1.807) is 0 Å². The Hall–Kier alpha value is -0.120. The number of ether oxygens (including phenoxy) is 2. The Morgan fingerprint density at radius 3 is 1.27 bits per heavy atom. The van der Waals surface area contributed by atoms with Crippen LogP contribution in [0.1, 0.15) is 13.8 Å². The van der Waals surface area contributed by atoms with Crippen molar-refractivity contribution in [2.45, 2.75) is 13.8 Å². The predicted molar refractivity (Wildman–Crippen MR) is 45.2 cm³/mol. The van der Waals surface area contributed by atoms with Crippen LogP contribution in [0, 0.1) is 0 Å². The molecule has 0 aromatic carbocycles. The number of carbonyl (C=O) groups excluding carboxylic acids is 1. The van der Waals surface area contributed by atoms with Gasteiger partial charge < -0.3 is 14.3 Å². The maximum Gasteiger partial charge on any atom is 0.126 e. The van der Waals surface area contributed by atoms with Gasteiger partial charge >= 0.3 is 0 Å². The van der Waals surface area contributed by atoms with E-state index in [1.165, 1.54) is 13.8 Å². The van der Waals surface area contributed by atoms with Crippen molar-refractivity contribution in [2.24, 2.45) is 0 Å². The van der Waals surface area contributed by atoms with Gasteiger partial charge in [0.25, 0.3) is 0 Å². The van der Waals surface area contributed by atoms with Gasteiger partial charge in [0.05, 0.1) is 26.4 Å². The van der Waals surface area contributed by atoms with Gasteiger partial charge in [-0.25, -0.2) is 0 Å². The summed E-state index contributed by atoms with van der Waals surface area (Å²) < 4.78 is 9.89. The Balaban J connectivity index is 0. The molecule has 0 radical (unpaired) electrons. The van der Waals surface area contributed by atoms with Crippen molar-refractivity contribution < 1.29 is 14.3 Å². The molecule has 0 aliphatic carbocycles. The van der Waals surface area contributed by atoms with E-state index in [9.17, 15) is 4.79 Å². The fourth-order valence-corrected chi connectivity index (χ4v) is 0.440. The SMILES string of the molecule is C1COCCO1.CC(C)=O.Cl. The molecule has 0 spiro atoms. The second kappa shape index (κ2) is 9.88. The first-order chi connectivity index (χ1) is 4.73. The maximum absolute atomic E-state index is 9.44. The van der Waals surface area contributed by atoms with Crippen LogP contribution in [0.4, 0.5) is 0 Å². The highest BCUT2D eigenvalue weighted by Gasteiger charge is 1.94. The average molecular weight is 183 g/mol. The fourth-order valence-electron chi connectivity index (χ4n) is 0.440. The predicted octanol–water partition coefficient (Wildman–Crippen LogP) is 1.05. The van der Waals surface area contributed by atoms with Crippen molar-refractivity contribution in [2.75, 3.05) is 26.4 Å². The van der Waals surface area contributed by atoms with Crippen LogP contribution >= 0.6 is 12.4 Å². The molecule has 1 aliphatic heterocycles. The molecule has 1 saturated heterocycles. The van der Waals surface area contributed by atoms with Gasteiger partial charge in [-0.05, 0) is 13.8 Å². The van der Waals surface area contributed by atoms with E-state index >= 15 is 0 Å². The van der Waals surface area contributed by atoms with Gasteiger partial charge in [-0.3, -0.25) is 0 Å². The minimum Gasteiger partial charge on any atom is -0.377 e. The largest absolute Gasteiger partial charge is 0.377 e. The average Bonchev–Trinajstić information content (AvgIpc) is 1.90. The number of halogens is 1. The maximum atomic E-state index is 9.44. The quantitative estimate of drug-likeness (QED) is 0.562. The standard InChI is InChI=1S/C4H8O2.C3H6O.ClH/c1-2-6-4-3-5-1;1-3(2)4;/h1-4H2;1-2H3;1H. The lowest BCUT2D eigenvalue weighted by atomic mass is 10.6. The van der Waals surface area contributed by atoms with Crippen LogP contribution in [0.2, 0.25) is 0 Å². The van der Waals surface area contributed by atoms with Gasteiger partial charge in [-0.2, -0.15) is 0 Å². The van der Waals surface area contributed by atoms with Crippen molar-refractivity contribution in [1.82, 2.24) is 0 Å². The molecule has 0 bridgehead atoms. The molecule has 0 amide bonds. The topological polar surface area (TPSA) is 35.5 Å². The monoisotopic (exact) mass is 182 g/mol. The van der Waals surface area contributed by atoms with Gasteiger partial charge in [-0.1, -0.05) is 0 Å². The summed E-state index contributed by atoms with van der Waals surface area (Å²) >= 11 is 0. The lowest BCUT2D eigenvalue weighted by molar-refractivity contribution is -0.114. The Morgan fingerprint density at radius 1 is 1.00 bits per heavy atom. The molecule has 68 valence electrons. The Bertz CT molecular complexity index is 76.2. The first-order valence-electron chi connectivity index (χ1n) is 3.36. The van der Waals surface area contributed by atoms with E-state index in [0.717, 1.165) is 26.4 Å². The van der Waals surface area contributed by atoms with Crippen molar-refractivity contribution in [3.8, 4) is 0 Å². The van der Waals surface area contributed by atoms with Crippen molar-refractivity contribution in [1.29, 1.82) is 0 Å². The van der Waals surface area contributed by atoms with Gasteiger partial charge in [-0.15, -0.1) is 12.4 Å². The molecule has 1 rings (SSSR count). The number of hydrogen-bond donors (Lipinski definition) is 0. The number of carbonyl (C=O) groups is 1. The highest BCUT2D eigenvalue weighted by atomic mass is 35.5. The first kappa shape index (κ1) is 13.5. The molecule has 1 heterocycles. The fraction of sp³-hybridized carbons (Fsp3) is 0.857. The minimum atomic E-state index is 0. The molecule has 0 saturated carbocycles. The molecule has 0 aromatic rings. The molecule has 0 N–H and O–H groups in total. The molecule has 4 heteroatoms. The van der Waals surface area contributed by atoms with Crippen LogP contribution in [0.15, 0.2) is 0 Å². The van der Waals surface area contributed by atoms with E-state index in [0.29, 0.717) is 0 Å². The Morgan fingerprint density at radius 2 is 1.18 bits per heavy atom. The van der Waals surface area contributed by atoms with Crippen LogP contribution in [0.5, 0.6) is 0 Å². The zero-order valence-electron chi connectivity index (χ0n) is 6.96. The van der Waals surface area contributed by atoms with E-state index in [-0.39, 0.29) is 18.2 Å². The molecular weight excluding hydrogens is 168 g/mol. The summed E-state index contributed by atoms with van der Waals surface area (Å²) in [5, 5.41) is 0. The zero-order chi connectivity index (χ0) is 7.82. The van der Waals surface area contributed by atoms with Crippen LogP contribution in [0.25, 0.3) is 0 Å². The second-order valence-electron chi connectivity index (χ2n) is 2.13. The number of ketones is 1. The van der Waals surface area contributed by atoms with Gasteiger partial charge in [0, 0.05) is 0 Å². The van der Waals surface area contributed by atoms with E-state index < -0.39 is 0 Å². The van der Waals surface area contributed by atoms with Gasteiger partial charge in [0.2, 0.25) is 0 Å². The van der Waals surface area contributed by atoms with E-state index in [2.05, 4.69) is 0 Å². The molecule has 11 heavy (non-hydrogen) atoms. The normalized spacial score (nSPS) is 15.5. The summed E-state index contributed by atoms with van der Waals surface area (Å²) in [7, 11) is 0. The van der Waals surface area contributed by atoms with Gasteiger partial charge in [0.15, 0.2) is 0 Å². The summed E-state index contributed by atoms with van der Waals surface area (Å²) in [6.45, 7) is 6.17. The lowest BCUT2D eigenvalue weighted by Gasteiger charge is -2.09. The van der Waals surface area contributed by atoms with Crippen molar-refractivity contribution >= 4 is 18.2 Å². The first-order valence-corrected chi connectivity index (χ1v) is 3.36. The van der Waals surface area contributed by atoms with Crippen molar-refractivity contribution in [3.63, 3.8) is 0 Å². The summed E-state index contributed by atoms with van der Waals surface area (Å²) in [5.74, 6) is 0.167. The minimum absolute atomic E-state index is 0. The third-order valence-corrected chi connectivity index (χ3v) is 0.744. The third-order valence-electron chi connectivity index (χ3n) is 0.744. The molecule has 3 nitrogen and oxygen atoms in total. The number of hydrogen-bond acceptors (Lipinski definition) is 3. The smallest absolute Gasteiger partial charge is 0.126 e. The Labute approximate surface area is 73.5 Å². The lowest BCUT2D eigenvalue weighted by Crippen LogP contribution is -2.16. The van der Waals surface area contributed by atoms with E-state index in [4.69, 9.17) is 9.47 Å². The second-order valence-corrected chi connectivity index (χ2v) is 2.13. The third kappa shape index (κ3) is 17.7. The highest BCUT2D eigenvalue weighted by molar-refractivity contribution is 5.85. The highest BCUT2D eigenvalue weighted by Crippen LogP contribution is 1.85. The number of rotatable bonds is 0. The molecule has 0 unspecified atom stereocenters. The molecular formula is C7H15ClO3.